The van der Waals surface area contributed by atoms with Crippen molar-refractivity contribution in [1.82, 2.24) is 4.90 Å². The van der Waals surface area contributed by atoms with E-state index in [1.54, 1.807) is 11.3 Å². The van der Waals surface area contributed by atoms with Crippen LogP contribution in [0.4, 0.5) is 0 Å². The zero-order chi connectivity index (χ0) is 12.3. The summed E-state index contributed by atoms with van der Waals surface area (Å²) in [5.74, 6) is -0.744. The SMILES string of the molecule is CN(CCc1cccs1)CC1(C(=O)O)COC1. The highest BCUT2D eigenvalue weighted by atomic mass is 32.1. The summed E-state index contributed by atoms with van der Waals surface area (Å²) in [5.41, 5.74) is -0.676. The highest BCUT2D eigenvalue weighted by Gasteiger charge is 2.46. The summed E-state index contributed by atoms with van der Waals surface area (Å²) in [6.07, 6.45) is 0.977. The summed E-state index contributed by atoms with van der Waals surface area (Å²) in [4.78, 5) is 14.6. The van der Waals surface area contributed by atoms with Gasteiger partial charge in [-0.1, -0.05) is 6.07 Å². The Hall–Kier alpha value is -0.910. The van der Waals surface area contributed by atoms with Gasteiger partial charge in [0.2, 0.25) is 0 Å². The second kappa shape index (κ2) is 5.16. The number of ether oxygens (including phenoxy) is 1. The van der Waals surface area contributed by atoms with Gasteiger partial charge in [-0.25, -0.2) is 0 Å². The molecule has 0 bridgehead atoms. The van der Waals surface area contributed by atoms with Gasteiger partial charge in [0.05, 0.1) is 13.2 Å². The molecule has 5 heteroatoms. The molecule has 1 aliphatic heterocycles. The molecule has 1 fully saturated rings. The van der Waals surface area contributed by atoms with Crippen LogP contribution >= 0.6 is 11.3 Å². The van der Waals surface area contributed by atoms with Crippen LogP contribution in [-0.2, 0) is 16.0 Å². The summed E-state index contributed by atoms with van der Waals surface area (Å²) in [5, 5.41) is 11.2. The van der Waals surface area contributed by atoms with E-state index in [9.17, 15) is 9.90 Å². The Balaban J connectivity index is 1.80. The van der Waals surface area contributed by atoms with Crippen molar-refractivity contribution in [2.45, 2.75) is 6.42 Å². The smallest absolute Gasteiger partial charge is 0.315 e. The zero-order valence-electron chi connectivity index (χ0n) is 9.89. The number of carboxylic acids is 1. The average Bonchev–Trinajstić information content (AvgIpc) is 2.72. The molecule has 2 rings (SSSR count). The number of rotatable bonds is 6. The molecule has 17 heavy (non-hydrogen) atoms. The van der Waals surface area contributed by atoms with E-state index < -0.39 is 11.4 Å². The van der Waals surface area contributed by atoms with Crippen LogP contribution in [0.1, 0.15) is 4.88 Å². The minimum Gasteiger partial charge on any atom is -0.481 e. The summed E-state index contributed by atoms with van der Waals surface area (Å²) in [6.45, 7) is 2.13. The van der Waals surface area contributed by atoms with E-state index in [0.29, 0.717) is 19.8 Å². The Kier molecular flexibility index (Phi) is 3.81. The van der Waals surface area contributed by atoms with E-state index in [2.05, 4.69) is 16.3 Å². The summed E-state index contributed by atoms with van der Waals surface area (Å²) in [7, 11) is 1.97. The molecule has 1 saturated heterocycles. The number of carboxylic acid groups (broad SMARTS) is 1. The van der Waals surface area contributed by atoms with E-state index in [1.165, 1.54) is 4.88 Å². The first-order chi connectivity index (χ1) is 8.12. The molecule has 0 spiro atoms. The van der Waals surface area contributed by atoms with Crippen LogP contribution in [-0.4, -0.2) is 49.3 Å². The average molecular weight is 255 g/mol. The summed E-state index contributed by atoms with van der Waals surface area (Å²) in [6, 6.07) is 4.15. The lowest BCUT2D eigenvalue weighted by Gasteiger charge is -2.40. The number of likely N-dealkylation sites (N-methyl/N-ethyl adjacent to an activating group) is 1. The molecule has 4 nitrogen and oxygen atoms in total. The van der Waals surface area contributed by atoms with Crippen LogP contribution < -0.4 is 0 Å². The molecular formula is C12H17NO3S. The fourth-order valence-electron chi connectivity index (χ4n) is 1.98. The van der Waals surface area contributed by atoms with Gasteiger partial charge in [0.15, 0.2) is 0 Å². The van der Waals surface area contributed by atoms with Crippen molar-refractivity contribution in [2.75, 3.05) is 33.4 Å². The van der Waals surface area contributed by atoms with Crippen molar-refractivity contribution < 1.29 is 14.6 Å². The molecule has 0 radical (unpaired) electrons. The van der Waals surface area contributed by atoms with Gasteiger partial charge < -0.3 is 14.7 Å². The molecule has 2 heterocycles. The fraction of sp³-hybridized carbons (Fsp3) is 0.583. The first-order valence-electron chi connectivity index (χ1n) is 5.64. The van der Waals surface area contributed by atoms with Crippen LogP contribution in [0.2, 0.25) is 0 Å². The van der Waals surface area contributed by atoms with Gasteiger partial charge in [-0.15, -0.1) is 11.3 Å². The van der Waals surface area contributed by atoms with Crippen molar-refractivity contribution in [3.8, 4) is 0 Å². The Labute approximate surface area is 105 Å². The molecule has 0 amide bonds. The Morgan fingerprint density at radius 3 is 2.88 bits per heavy atom. The normalized spacial score (nSPS) is 18.0. The molecule has 0 unspecified atom stereocenters. The lowest BCUT2D eigenvalue weighted by molar-refractivity contribution is -0.182. The summed E-state index contributed by atoms with van der Waals surface area (Å²) >= 11 is 1.74. The van der Waals surface area contributed by atoms with Gasteiger partial charge in [0.1, 0.15) is 5.41 Å². The molecule has 1 aromatic rings. The second-order valence-corrected chi connectivity index (χ2v) is 5.68. The molecule has 1 aliphatic rings. The van der Waals surface area contributed by atoms with Crippen LogP contribution in [0, 0.1) is 5.41 Å². The number of thiophene rings is 1. The highest BCUT2D eigenvalue weighted by Crippen LogP contribution is 2.28. The van der Waals surface area contributed by atoms with Crippen LogP contribution in [0.5, 0.6) is 0 Å². The topological polar surface area (TPSA) is 49.8 Å². The van der Waals surface area contributed by atoms with Crippen LogP contribution in [0.15, 0.2) is 17.5 Å². The lowest BCUT2D eigenvalue weighted by Crippen LogP contribution is -2.55. The standard InChI is InChI=1S/C12H17NO3S/c1-13(5-4-10-3-2-6-17-10)7-12(11(14)15)8-16-9-12/h2-3,6H,4-5,7-9H2,1H3,(H,14,15). The summed E-state index contributed by atoms with van der Waals surface area (Å²) < 4.78 is 5.05. The van der Waals surface area contributed by atoms with Gasteiger partial charge >= 0.3 is 5.97 Å². The number of carbonyl (C=O) groups is 1. The molecular weight excluding hydrogens is 238 g/mol. The largest absolute Gasteiger partial charge is 0.481 e. The quantitative estimate of drug-likeness (QED) is 0.833. The minimum absolute atomic E-state index is 0.339. The molecule has 1 aromatic heterocycles. The van der Waals surface area contributed by atoms with Crippen LogP contribution in [0.3, 0.4) is 0 Å². The van der Waals surface area contributed by atoms with Gasteiger partial charge in [-0.05, 0) is 24.9 Å². The molecule has 94 valence electrons. The fourth-order valence-corrected chi connectivity index (χ4v) is 2.68. The number of aliphatic carboxylic acids is 1. The lowest BCUT2D eigenvalue weighted by atomic mass is 9.85. The predicted octanol–water partition coefficient (Wildman–Crippen LogP) is 1.32. The van der Waals surface area contributed by atoms with Gasteiger partial charge in [0.25, 0.3) is 0 Å². The van der Waals surface area contributed by atoms with Crippen molar-refractivity contribution in [3.63, 3.8) is 0 Å². The van der Waals surface area contributed by atoms with E-state index in [1.807, 2.05) is 13.1 Å². The molecule has 0 saturated carbocycles. The monoisotopic (exact) mass is 255 g/mol. The Morgan fingerprint density at radius 1 is 1.65 bits per heavy atom. The number of hydrogen-bond donors (Lipinski definition) is 1. The zero-order valence-corrected chi connectivity index (χ0v) is 10.7. The third kappa shape index (κ3) is 2.86. The van der Waals surface area contributed by atoms with E-state index in [-0.39, 0.29) is 0 Å². The number of nitrogens with zero attached hydrogens (tertiary/aromatic N) is 1. The Bertz CT molecular complexity index is 373. The minimum atomic E-state index is -0.744. The Morgan fingerprint density at radius 2 is 2.41 bits per heavy atom. The third-order valence-corrected chi connectivity index (χ3v) is 4.04. The first-order valence-corrected chi connectivity index (χ1v) is 6.52. The van der Waals surface area contributed by atoms with Crippen molar-refractivity contribution in [2.24, 2.45) is 5.41 Å². The highest BCUT2D eigenvalue weighted by molar-refractivity contribution is 7.09. The third-order valence-electron chi connectivity index (χ3n) is 3.10. The van der Waals surface area contributed by atoms with Crippen molar-refractivity contribution >= 4 is 17.3 Å². The van der Waals surface area contributed by atoms with Gasteiger partial charge in [-0.3, -0.25) is 4.79 Å². The second-order valence-electron chi connectivity index (χ2n) is 4.65. The molecule has 1 N–H and O–H groups in total. The molecule has 0 atom stereocenters. The van der Waals surface area contributed by atoms with E-state index in [0.717, 1.165) is 13.0 Å². The first kappa shape index (κ1) is 12.5. The maximum absolute atomic E-state index is 11.2. The van der Waals surface area contributed by atoms with Crippen LogP contribution in [0.25, 0.3) is 0 Å². The van der Waals surface area contributed by atoms with Gasteiger partial charge in [-0.2, -0.15) is 0 Å². The molecule has 0 aromatic carbocycles. The van der Waals surface area contributed by atoms with Crippen molar-refractivity contribution in [1.29, 1.82) is 0 Å². The van der Waals surface area contributed by atoms with Crippen molar-refractivity contribution in [3.05, 3.63) is 22.4 Å². The molecule has 0 aliphatic carbocycles. The van der Waals surface area contributed by atoms with E-state index in [4.69, 9.17) is 4.74 Å². The van der Waals surface area contributed by atoms with E-state index >= 15 is 0 Å². The number of hydrogen-bond acceptors (Lipinski definition) is 4. The van der Waals surface area contributed by atoms with Gasteiger partial charge in [0, 0.05) is 18.0 Å². The predicted molar refractivity (Wildman–Crippen MR) is 66.4 cm³/mol. The maximum Gasteiger partial charge on any atom is 0.315 e. The maximum atomic E-state index is 11.2.